The molecule has 0 unspecified atom stereocenters. The second-order valence-corrected chi connectivity index (χ2v) is 7.48. The molecule has 0 aliphatic carbocycles. The molecule has 1 atom stereocenters. The minimum Gasteiger partial charge on any atom is -0.508 e. The fourth-order valence-electron chi connectivity index (χ4n) is 3.10. The minimum absolute atomic E-state index is 0.0189. The van der Waals surface area contributed by atoms with Gasteiger partial charge in [-0.2, -0.15) is 9.61 Å². The molecule has 7 nitrogen and oxygen atoms in total. The highest BCUT2D eigenvalue weighted by Crippen LogP contribution is 2.28. The Morgan fingerprint density at radius 2 is 1.82 bits per heavy atom. The third-order valence-corrected chi connectivity index (χ3v) is 5.43. The van der Waals surface area contributed by atoms with Crippen molar-refractivity contribution >= 4 is 28.4 Å². The molecule has 0 aliphatic heterocycles. The first-order valence-electron chi connectivity index (χ1n) is 8.81. The summed E-state index contributed by atoms with van der Waals surface area (Å²) in [6.07, 6.45) is 0. The summed E-state index contributed by atoms with van der Waals surface area (Å²) < 4.78 is 1.77. The van der Waals surface area contributed by atoms with Gasteiger partial charge in [-0.3, -0.25) is 0 Å². The maximum atomic E-state index is 9.51. The predicted molar refractivity (Wildman–Crippen MR) is 107 cm³/mol. The molecule has 0 fully saturated rings. The molecule has 0 aliphatic rings. The Bertz CT molecular complexity index is 1240. The van der Waals surface area contributed by atoms with Gasteiger partial charge in [0.25, 0.3) is 0 Å². The molecule has 5 rings (SSSR count). The van der Waals surface area contributed by atoms with E-state index in [1.807, 2.05) is 55.5 Å². The van der Waals surface area contributed by atoms with Gasteiger partial charge in [0.2, 0.25) is 0 Å². The summed E-state index contributed by atoms with van der Waals surface area (Å²) in [5.74, 6) is 0.965. The van der Waals surface area contributed by atoms with Crippen molar-refractivity contribution in [3.63, 3.8) is 0 Å². The maximum absolute atomic E-state index is 9.51. The standard InChI is InChI=1S/C20H16N6OS/c1-12(13-6-8-14(27)9-7-13)19-24-23-17-10-11-18(25-26(17)19)28-20-21-15-4-2-3-5-16(15)22-20/h2-12,27H,1H3,(H,21,22)/t12-/m0/s1. The van der Waals surface area contributed by atoms with Gasteiger partial charge in [0.15, 0.2) is 16.6 Å². The normalized spacial score (nSPS) is 12.6. The number of nitrogens with zero attached hydrogens (tertiary/aromatic N) is 5. The zero-order valence-corrected chi connectivity index (χ0v) is 15.8. The molecular formula is C20H16N6OS. The van der Waals surface area contributed by atoms with Crippen LogP contribution in [0.4, 0.5) is 0 Å². The minimum atomic E-state index is -0.0189. The zero-order chi connectivity index (χ0) is 19.1. The smallest absolute Gasteiger partial charge is 0.178 e. The largest absolute Gasteiger partial charge is 0.508 e. The summed E-state index contributed by atoms with van der Waals surface area (Å²) >= 11 is 1.46. The zero-order valence-electron chi connectivity index (χ0n) is 14.9. The summed E-state index contributed by atoms with van der Waals surface area (Å²) in [5, 5.41) is 24.4. The molecule has 2 aromatic carbocycles. The molecule has 28 heavy (non-hydrogen) atoms. The van der Waals surface area contributed by atoms with Gasteiger partial charge in [-0.25, -0.2) is 4.98 Å². The van der Waals surface area contributed by atoms with Crippen LogP contribution in [0, 0.1) is 0 Å². The van der Waals surface area contributed by atoms with E-state index < -0.39 is 0 Å². The Hall–Kier alpha value is -3.39. The fourth-order valence-corrected chi connectivity index (χ4v) is 3.86. The summed E-state index contributed by atoms with van der Waals surface area (Å²) in [5.41, 5.74) is 3.65. The van der Waals surface area contributed by atoms with Crippen LogP contribution in [0.15, 0.2) is 70.8 Å². The SMILES string of the molecule is C[C@@H](c1ccc(O)cc1)c1nnc2ccc(Sc3nc4ccccc4[nH]3)nn12. The number of H-pyrrole nitrogens is 1. The van der Waals surface area contributed by atoms with Crippen LogP contribution in [0.3, 0.4) is 0 Å². The van der Waals surface area contributed by atoms with Crippen molar-refractivity contribution in [2.24, 2.45) is 0 Å². The lowest BCUT2D eigenvalue weighted by Gasteiger charge is -2.10. The highest BCUT2D eigenvalue weighted by Gasteiger charge is 2.17. The average molecular weight is 388 g/mol. The number of aromatic nitrogens is 6. The predicted octanol–water partition coefficient (Wildman–Crippen LogP) is 4.01. The number of hydrogen-bond donors (Lipinski definition) is 2. The molecule has 8 heteroatoms. The Labute approximate surface area is 164 Å². The number of rotatable bonds is 4. The average Bonchev–Trinajstić information content (AvgIpc) is 3.31. The molecule has 138 valence electrons. The Morgan fingerprint density at radius 1 is 1.00 bits per heavy atom. The van der Waals surface area contributed by atoms with Crippen LogP contribution in [0.25, 0.3) is 16.7 Å². The van der Waals surface area contributed by atoms with E-state index in [-0.39, 0.29) is 11.7 Å². The van der Waals surface area contributed by atoms with Crippen LogP contribution in [0.1, 0.15) is 24.2 Å². The van der Waals surface area contributed by atoms with Crippen molar-refractivity contribution in [1.29, 1.82) is 0 Å². The van der Waals surface area contributed by atoms with E-state index in [1.165, 1.54) is 11.8 Å². The Balaban J connectivity index is 1.49. The van der Waals surface area contributed by atoms with Crippen molar-refractivity contribution in [2.45, 2.75) is 23.0 Å². The quantitative estimate of drug-likeness (QED) is 0.483. The molecule has 0 saturated carbocycles. The second kappa shape index (κ2) is 6.65. The van der Waals surface area contributed by atoms with Crippen molar-refractivity contribution in [3.05, 3.63) is 72.1 Å². The first-order chi connectivity index (χ1) is 13.7. The third-order valence-electron chi connectivity index (χ3n) is 4.61. The molecule has 0 amide bonds. The Kier molecular flexibility index (Phi) is 3.98. The van der Waals surface area contributed by atoms with Gasteiger partial charge in [0.05, 0.1) is 11.0 Å². The van der Waals surface area contributed by atoms with Crippen molar-refractivity contribution in [1.82, 2.24) is 29.8 Å². The number of nitrogens with one attached hydrogen (secondary N) is 1. The topological polar surface area (TPSA) is 92.0 Å². The molecule has 0 saturated heterocycles. The van der Waals surface area contributed by atoms with Gasteiger partial charge < -0.3 is 10.1 Å². The van der Waals surface area contributed by atoms with E-state index >= 15 is 0 Å². The number of phenols is 1. The number of benzene rings is 2. The lowest BCUT2D eigenvalue weighted by molar-refractivity contribution is 0.475. The van der Waals surface area contributed by atoms with Gasteiger partial charge in [0, 0.05) is 5.92 Å². The van der Waals surface area contributed by atoms with E-state index in [9.17, 15) is 5.11 Å². The van der Waals surface area contributed by atoms with Crippen LogP contribution in [-0.2, 0) is 0 Å². The van der Waals surface area contributed by atoms with Crippen LogP contribution in [-0.4, -0.2) is 34.9 Å². The highest BCUT2D eigenvalue weighted by molar-refractivity contribution is 7.99. The van der Waals surface area contributed by atoms with Crippen molar-refractivity contribution < 1.29 is 5.11 Å². The van der Waals surface area contributed by atoms with Gasteiger partial charge >= 0.3 is 0 Å². The monoisotopic (exact) mass is 388 g/mol. The molecule has 3 aromatic heterocycles. The third kappa shape index (κ3) is 2.97. The maximum Gasteiger partial charge on any atom is 0.178 e. The molecular weight excluding hydrogens is 372 g/mol. The molecule has 5 aromatic rings. The van der Waals surface area contributed by atoms with Gasteiger partial charge in [0.1, 0.15) is 10.8 Å². The summed E-state index contributed by atoms with van der Waals surface area (Å²) in [7, 11) is 0. The van der Waals surface area contributed by atoms with Gasteiger partial charge in [-0.15, -0.1) is 10.2 Å². The number of phenolic OH excluding ortho intramolecular Hbond substituents is 1. The molecule has 0 radical (unpaired) electrons. The number of aromatic hydroxyl groups is 1. The fraction of sp³-hybridized carbons (Fsp3) is 0.100. The number of para-hydroxylation sites is 2. The Morgan fingerprint density at radius 3 is 2.64 bits per heavy atom. The van der Waals surface area contributed by atoms with Crippen LogP contribution >= 0.6 is 11.8 Å². The molecule has 0 spiro atoms. The number of hydrogen-bond acceptors (Lipinski definition) is 6. The van der Waals surface area contributed by atoms with E-state index in [0.717, 1.165) is 32.6 Å². The molecule has 3 heterocycles. The van der Waals surface area contributed by atoms with Crippen molar-refractivity contribution in [2.75, 3.05) is 0 Å². The lowest BCUT2D eigenvalue weighted by atomic mass is 10.0. The summed E-state index contributed by atoms with van der Waals surface area (Å²) in [4.78, 5) is 7.89. The summed E-state index contributed by atoms with van der Waals surface area (Å²) in [6.45, 7) is 2.05. The van der Waals surface area contributed by atoms with Crippen molar-refractivity contribution in [3.8, 4) is 5.75 Å². The van der Waals surface area contributed by atoms with E-state index in [4.69, 9.17) is 5.10 Å². The summed E-state index contributed by atoms with van der Waals surface area (Å²) in [6, 6.07) is 18.8. The number of aromatic amines is 1. The van der Waals surface area contributed by atoms with E-state index in [1.54, 1.807) is 16.6 Å². The highest BCUT2D eigenvalue weighted by atomic mass is 32.2. The number of fused-ring (bicyclic) bond motifs is 2. The lowest BCUT2D eigenvalue weighted by Crippen LogP contribution is -2.05. The molecule has 2 N–H and O–H groups in total. The first kappa shape index (κ1) is 16.8. The van der Waals surface area contributed by atoms with Gasteiger partial charge in [-0.05, 0) is 53.7 Å². The first-order valence-corrected chi connectivity index (χ1v) is 9.63. The van der Waals surface area contributed by atoms with E-state index in [0.29, 0.717) is 5.65 Å². The van der Waals surface area contributed by atoms with Crippen LogP contribution in [0.2, 0.25) is 0 Å². The van der Waals surface area contributed by atoms with Crippen LogP contribution < -0.4 is 0 Å². The molecule has 0 bridgehead atoms. The number of imidazole rings is 1. The second-order valence-electron chi connectivity index (χ2n) is 6.47. The van der Waals surface area contributed by atoms with Gasteiger partial charge in [-0.1, -0.05) is 31.2 Å². The van der Waals surface area contributed by atoms with Crippen LogP contribution in [0.5, 0.6) is 5.75 Å². The van der Waals surface area contributed by atoms with E-state index in [2.05, 4.69) is 20.2 Å².